The van der Waals surface area contributed by atoms with Gasteiger partial charge in [0.15, 0.2) is 5.69 Å². The van der Waals surface area contributed by atoms with Gasteiger partial charge in [-0.25, -0.2) is 5.84 Å². The number of nitrogen functional groups attached to an aromatic ring is 1. The number of carbonyl (C=O) groups excluding carboxylic acids is 1. The summed E-state index contributed by atoms with van der Waals surface area (Å²) in [5, 5.41) is 7.74. The van der Waals surface area contributed by atoms with Gasteiger partial charge in [0.05, 0.1) is 12.7 Å². The Hall–Kier alpha value is -1.47. The summed E-state index contributed by atoms with van der Waals surface area (Å²) in [4.78, 5) is 13.8. The van der Waals surface area contributed by atoms with Crippen LogP contribution < -0.4 is 11.3 Å². The van der Waals surface area contributed by atoms with E-state index >= 15 is 0 Å². The lowest BCUT2D eigenvalue weighted by molar-refractivity contribution is 0.0948. The van der Waals surface area contributed by atoms with E-state index in [-0.39, 0.29) is 5.69 Å². The first-order valence-electron chi connectivity index (χ1n) is 6.89. The van der Waals surface area contributed by atoms with E-state index in [0.717, 1.165) is 19.6 Å². The lowest BCUT2D eigenvalue weighted by Gasteiger charge is -2.35. The van der Waals surface area contributed by atoms with Crippen LogP contribution in [-0.4, -0.2) is 44.9 Å². The van der Waals surface area contributed by atoms with Crippen molar-refractivity contribution in [3.05, 3.63) is 11.9 Å². The first-order valence-corrected chi connectivity index (χ1v) is 6.89. The maximum absolute atomic E-state index is 11.3. The number of piperidine rings is 1. The number of likely N-dealkylation sites (tertiary alicyclic amines) is 1. The number of amides is 1. The predicted octanol–water partition coefficient (Wildman–Crippen LogP) is 0.146. The predicted molar refractivity (Wildman–Crippen MR) is 71.2 cm³/mol. The molecule has 0 spiro atoms. The molecular formula is C12H22N6O. The van der Waals surface area contributed by atoms with E-state index in [1.165, 1.54) is 25.7 Å². The first-order chi connectivity index (χ1) is 9.24. The number of nitrogens with one attached hydrogen (secondary N) is 1. The van der Waals surface area contributed by atoms with E-state index in [0.29, 0.717) is 6.04 Å². The Morgan fingerprint density at radius 3 is 3.11 bits per heavy atom. The smallest absolute Gasteiger partial charge is 0.287 e. The molecule has 2 rings (SSSR count). The minimum Gasteiger partial charge on any atom is -0.299 e. The Labute approximate surface area is 113 Å². The summed E-state index contributed by atoms with van der Waals surface area (Å²) in [5.74, 6) is 4.65. The Kier molecular flexibility index (Phi) is 4.86. The molecule has 1 aliphatic rings. The molecule has 1 fully saturated rings. The fourth-order valence-electron chi connectivity index (χ4n) is 2.63. The number of rotatable bonds is 5. The van der Waals surface area contributed by atoms with Gasteiger partial charge in [-0.2, -0.15) is 0 Å². The van der Waals surface area contributed by atoms with Crippen LogP contribution in [0.5, 0.6) is 0 Å². The highest BCUT2D eigenvalue weighted by atomic mass is 16.2. The summed E-state index contributed by atoms with van der Waals surface area (Å²) in [5.41, 5.74) is 2.31. The fourth-order valence-corrected chi connectivity index (χ4v) is 2.63. The molecule has 2 heterocycles. The zero-order valence-electron chi connectivity index (χ0n) is 11.4. The Morgan fingerprint density at radius 1 is 1.53 bits per heavy atom. The SMILES string of the molecule is CCC1CCCCN1CCn1cc(C(=O)NN)nn1. The zero-order chi connectivity index (χ0) is 13.7. The standard InChI is InChI=1S/C12H22N6O/c1-2-10-5-3-4-6-17(10)7-8-18-9-11(15-16-18)12(19)14-13/h9-10H,2-8,13H2,1H3,(H,14,19). The molecule has 3 N–H and O–H groups in total. The van der Waals surface area contributed by atoms with Crippen molar-refractivity contribution in [2.24, 2.45) is 5.84 Å². The number of hydrogen-bond acceptors (Lipinski definition) is 5. The van der Waals surface area contributed by atoms with E-state index < -0.39 is 5.91 Å². The molecule has 1 aromatic rings. The quantitative estimate of drug-likeness (QED) is 0.450. The van der Waals surface area contributed by atoms with E-state index in [2.05, 4.69) is 27.6 Å². The topological polar surface area (TPSA) is 89.1 Å². The number of hydrazine groups is 1. The third kappa shape index (κ3) is 3.51. The van der Waals surface area contributed by atoms with Crippen LogP contribution >= 0.6 is 0 Å². The van der Waals surface area contributed by atoms with Gasteiger partial charge in [-0.3, -0.25) is 19.8 Å². The number of aromatic nitrogens is 3. The van der Waals surface area contributed by atoms with Crippen molar-refractivity contribution >= 4 is 5.91 Å². The second kappa shape index (κ2) is 6.63. The maximum atomic E-state index is 11.3. The Morgan fingerprint density at radius 2 is 2.37 bits per heavy atom. The molecule has 1 unspecified atom stereocenters. The molecular weight excluding hydrogens is 244 g/mol. The van der Waals surface area contributed by atoms with Crippen LogP contribution in [0.3, 0.4) is 0 Å². The van der Waals surface area contributed by atoms with Crippen LogP contribution in [-0.2, 0) is 6.54 Å². The molecule has 0 radical (unpaired) electrons. The van der Waals surface area contributed by atoms with Crippen LogP contribution in [0.1, 0.15) is 43.1 Å². The highest BCUT2D eigenvalue weighted by Gasteiger charge is 2.20. The number of carbonyl (C=O) groups is 1. The lowest BCUT2D eigenvalue weighted by Crippen LogP contribution is -2.40. The van der Waals surface area contributed by atoms with Crippen molar-refractivity contribution in [1.82, 2.24) is 25.3 Å². The molecule has 0 saturated carbocycles. The van der Waals surface area contributed by atoms with Gasteiger partial charge < -0.3 is 0 Å². The average Bonchev–Trinajstić information content (AvgIpc) is 2.93. The molecule has 1 atom stereocenters. The molecule has 0 aliphatic carbocycles. The third-order valence-corrected chi connectivity index (χ3v) is 3.74. The van der Waals surface area contributed by atoms with Crippen LogP contribution in [0.4, 0.5) is 0 Å². The first kappa shape index (κ1) is 14.0. The fraction of sp³-hybridized carbons (Fsp3) is 0.750. The molecule has 1 aliphatic heterocycles. The van der Waals surface area contributed by atoms with Gasteiger partial charge in [0.1, 0.15) is 0 Å². The third-order valence-electron chi connectivity index (χ3n) is 3.74. The van der Waals surface area contributed by atoms with Crippen LogP contribution in [0.15, 0.2) is 6.20 Å². The van der Waals surface area contributed by atoms with Crippen molar-refractivity contribution in [3.63, 3.8) is 0 Å². The summed E-state index contributed by atoms with van der Waals surface area (Å²) >= 11 is 0. The number of nitrogens with zero attached hydrogens (tertiary/aromatic N) is 4. The lowest BCUT2D eigenvalue weighted by atomic mass is 10.0. The normalized spacial score (nSPS) is 20.4. The van der Waals surface area contributed by atoms with Gasteiger partial charge in [-0.1, -0.05) is 18.6 Å². The zero-order valence-corrected chi connectivity index (χ0v) is 11.4. The molecule has 1 saturated heterocycles. The van der Waals surface area contributed by atoms with Gasteiger partial charge in [-0.15, -0.1) is 5.10 Å². The van der Waals surface area contributed by atoms with Gasteiger partial charge in [0.2, 0.25) is 0 Å². The van der Waals surface area contributed by atoms with Crippen molar-refractivity contribution in [2.75, 3.05) is 13.1 Å². The van der Waals surface area contributed by atoms with E-state index in [1.54, 1.807) is 10.9 Å². The molecule has 1 amide bonds. The van der Waals surface area contributed by atoms with E-state index in [4.69, 9.17) is 5.84 Å². The molecule has 7 heteroatoms. The van der Waals surface area contributed by atoms with Gasteiger partial charge in [-0.05, 0) is 25.8 Å². The van der Waals surface area contributed by atoms with Crippen LogP contribution in [0.2, 0.25) is 0 Å². The summed E-state index contributed by atoms with van der Waals surface area (Å²) in [7, 11) is 0. The maximum Gasteiger partial charge on any atom is 0.287 e. The Bertz CT molecular complexity index is 418. The number of hydrogen-bond donors (Lipinski definition) is 2. The molecule has 0 aromatic carbocycles. The van der Waals surface area contributed by atoms with Crippen LogP contribution in [0, 0.1) is 0 Å². The molecule has 0 bridgehead atoms. The molecule has 19 heavy (non-hydrogen) atoms. The minimum atomic E-state index is -0.407. The van der Waals surface area contributed by atoms with Gasteiger partial charge in [0.25, 0.3) is 5.91 Å². The summed E-state index contributed by atoms with van der Waals surface area (Å²) < 4.78 is 1.70. The van der Waals surface area contributed by atoms with Crippen LogP contribution in [0.25, 0.3) is 0 Å². The second-order valence-corrected chi connectivity index (χ2v) is 4.93. The van der Waals surface area contributed by atoms with Crippen molar-refractivity contribution < 1.29 is 4.79 Å². The minimum absolute atomic E-state index is 0.258. The second-order valence-electron chi connectivity index (χ2n) is 4.93. The van der Waals surface area contributed by atoms with E-state index in [1.807, 2.05) is 0 Å². The van der Waals surface area contributed by atoms with Crippen molar-refractivity contribution in [3.8, 4) is 0 Å². The summed E-state index contributed by atoms with van der Waals surface area (Å²) in [6.45, 7) is 5.10. The summed E-state index contributed by atoms with van der Waals surface area (Å²) in [6.07, 6.45) is 6.72. The van der Waals surface area contributed by atoms with Gasteiger partial charge in [0, 0.05) is 12.6 Å². The summed E-state index contributed by atoms with van der Waals surface area (Å²) in [6, 6.07) is 0.684. The highest BCUT2D eigenvalue weighted by Crippen LogP contribution is 2.18. The monoisotopic (exact) mass is 266 g/mol. The molecule has 106 valence electrons. The molecule has 7 nitrogen and oxygen atoms in total. The van der Waals surface area contributed by atoms with Gasteiger partial charge >= 0.3 is 0 Å². The molecule has 1 aromatic heterocycles. The average molecular weight is 266 g/mol. The largest absolute Gasteiger partial charge is 0.299 e. The Balaban J connectivity index is 1.87. The number of nitrogens with two attached hydrogens (primary N) is 1. The van der Waals surface area contributed by atoms with Crippen molar-refractivity contribution in [1.29, 1.82) is 0 Å². The van der Waals surface area contributed by atoms with E-state index in [9.17, 15) is 4.79 Å². The highest BCUT2D eigenvalue weighted by molar-refractivity contribution is 5.91. The van der Waals surface area contributed by atoms with Crippen molar-refractivity contribution in [2.45, 2.75) is 45.2 Å².